The van der Waals surface area contributed by atoms with Gasteiger partial charge in [0.25, 0.3) is 5.91 Å². The SMILES string of the molecule is CC(C)CN1N=C(C(=O)N2CC(c3cccc(Cl)c3)C2)CCC1=O. The second-order valence-electron chi connectivity index (χ2n) is 6.88. The molecular formula is C18H22ClN3O2. The third-order valence-corrected chi connectivity index (χ3v) is 4.61. The Morgan fingerprint density at radius 2 is 2.08 bits per heavy atom. The molecular weight excluding hydrogens is 326 g/mol. The topological polar surface area (TPSA) is 53.0 Å². The predicted molar refractivity (Wildman–Crippen MR) is 94.0 cm³/mol. The zero-order valence-electron chi connectivity index (χ0n) is 14.0. The van der Waals surface area contributed by atoms with Crippen molar-refractivity contribution in [2.75, 3.05) is 19.6 Å². The number of carbonyl (C=O) groups excluding carboxylic acids is 2. The van der Waals surface area contributed by atoms with E-state index < -0.39 is 0 Å². The first kappa shape index (κ1) is 17.0. The molecule has 3 rings (SSSR count). The standard InChI is InChI=1S/C18H22ClN3O2/c1-12(2)9-22-17(23)7-6-16(20-22)18(24)21-10-14(11-21)13-4-3-5-15(19)8-13/h3-5,8,12,14H,6-7,9-11H2,1-2H3. The summed E-state index contributed by atoms with van der Waals surface area (Å²) in [7, 11) is 0. The van der Waals surface area contributed by atoms with Crippen molar-refractivity contribution < 1.29 is 9.59 Å². The van der Waals surface area contributed by atoms with Crippen LogP contribution >= 0.6 is 11.6 Å². The zero-order chi connectivity index (χ0) is 17.3. The number of likely N-dealkylation sites (tertiary alicyclic amines) is 1. The van der Waals surface area contributed by atoms with Gasteiger partial charge in [0.15, 0.2) is 0 Å². The largest absolute Gasteiger partial charge is 0.336 e. The van der Waals surface area contributed by atoms with Gasteiger partial charge in [0.05, 0.1) is 0 Å². The van der Waals surface area contributed by atoms with Gasteiger partial charge in [-0.15, -0.1) is 0 Å². The molecule has 24 heavy (non-hydrogen) atoms. The molecule has 6 heteroatoms. The van der Waals surface area contributed by atoms with Crippen LogP contribution in [0.15, 0.2) is 29.4 Å². The van der Waals surface area contributed by atoms with E-state index in [4.69, 9.17) is 11.6 Å². The molecule has 0 aliphatic carbocycles. The van der Waals surface area contributed by atoms with Gasteiger partial charge in [0.1, 0.15) is 5.71 Å². The number of hydrogen-bond acceptors (Lipinski definition) is 3. The molecule has 0 aromatic heterocycles. The molecule has 0 bridgehead atoms. The van der Waals surface area contributed by atoms with Crippen LogP contribution in [-0.4, -0.2) is 47.1 Å². The molecule has 1 aromatic carbocycles. The molecule has 1 aromatic rings. The normalized spacial score (nSPS) is 18.7. The summed E-state index contributed by atoms with van der Waals surface area (Å²) in [6, 6.07) is 7.78. The summed E-state index contributed by atoms with van der Waals surface area (Å²) in [6.45, 7) is 5.97. The van der Waals surface area contributed by atoms with Gasteiger partial charge >= 0.3 is 0 Å². The Morgan fingerprint density at radius 3 is 2.75 bits per heavy atom. The molecule has 0 radical (unpaired) electrons. The number of carbonyl (C=O) groups is 2. The van der Waals surface area contributed by atoms with Crippen LogP contribution in [0.2, 0.25) is 5.02 Å². The maximum Gasteiger partial charge on any atom is 0.270 e. The number of rotatable bonds is 4. The summed E-state index contributed by atoms with van der Waals surface area (Å²) in [5, 5.41) is 6.48. The Hall–Kier alpha value is -1.88. The summed E-state index contributed by atoms with van der Waals surface area (Å²) >= 11 is 6.02. The second-order valence-corrected chi connectivity index (χ2v) is 7.31. The highest BCUT2D eigenvalue weighted by Gasteiger charge is 2.35. The van der Waals surface area contributed by atoms with E-state index in [0.717, 1.165) is 10.6 Å². The lowest BCUT2D eigenvalue weighted by atomic mass is 9.91. The van der Waals surface area contributed by atoms with Gasteiger partial charge < -0.3 is 4.90 Å². The number of hydrogen-bond donors (Lipinski definition) is 0. The highest BCUT2D eigenvalue weighted by atomic mass is 35.5. The fraction of sp³-hybridized carbons (Fsp3) is 0.500. The third-order valence-electron chi connectivity index (χ3n) is 4.38. The van der Waals surface area contributed by atoms with Gasteiger partial charge in [0, 0.05) is 43.4 Å². The lowest BCUT2D eigenvalue weighted by molar-refractivity contribution is -0.133. The first-order valence-electron chi connectivity index (χ1n) is 8.36. The second kappa shape index (κ2) is 6.93. The van der Waals surface area contributed by atoms with Gasteiger partial charge in [-0.3, -0.25) is 9.59 Å². The van der Waals surface area contributed by atoms with E-state index in [1.807, 2.05) is 38.1 Å². The number of benzene rings is 1. The number of hydrazone groups is 1. The minimum absolute atomic E-state index is 0.000614. The lowest BCUT2D eigenvalue weighted by Gasteiger charge is -2.40. The molecule has 5 nitrogen and oxygen atoms in total. The van der Waals surface area contributed by atoms with Crippen molar-refractivity contribution in [1.29, 1.82) is 0 Å². The first-order chi connectivity index (χ1) is 11.4. The molecule has 128 valence electrons. The molecule has 0 unspecified atom stereocenters. The van der Waals surface area contributed by atoms with Crippen molar-refractivity contribution in [1.82, 2.24) is 9.91 Å². The molecule has 0 saturated carbocycles. The Balaban J connectivity index is 1.62. The van der Waals surface area contributed by atoms with Crippen molar-refractivity contribution in [2.24, 2.45) is 11.0 Å². The monoisotopic (exact) mass is 347 g/mol. The van der Waals surface area contributed by atoms with Crippen molar-refractivity contribution in [2.45, 2.75) is 32.6 Å². The van der Waals surface area contributed by atoms with Crippen LogP contribution in [0, 0.1) is 5.92 Å². The summed E-state index contributed by atoms with van der Waals surface area (Å²) in [4.78, 5) is 26.3. The number of nitrogens with zero attached hydrogens (tertiary/aromatic N) is 3. The van der Waals surface area contributed by atoms with E-state index in [0.29, 0.717) is 50.0 Å². The molecule has 1 fully saturated rings. The Bertz CT molecular complexity index is 681. The van der Waals surface area contributed by atoms with E-state index in [1.54, 1.807) is 4.90 Å². The smallest absolute Gasteiger partial charge is 0.270 e. The van der Waals surface area contributed by atoms with Crippen molar-refractivity contribution >= 4 is 29.1 Å². The van der Waals surface area contributed by atoms with Crippen LogP contribution in [0.3, 0.4) is 0 Å². The van der Waals surface area contributed by atoms with E-state index in [-0.39, 0.29) is 11.8 Å². The average Bonchev–Trinajstić information content (AvgIpc) is 2.47. The van der Waals surface area contributed by atoms with Gasteiger partial charge in [0.2, 0.25) is 5.91 Å². The lowest BCUT2D eigenvalue weighted by Crippen LogP contribution is -2.52. The molecule has 0 atom stereocenters. The predicted octanol–water partition coefficient (Wildman–Crippen LogP) is 2.90. The summed E-state index contributed by atoms with van der Waals surface area (Å²) in [5.74, 6) is 0.601. The van der Waals surface area contributed by atoms with Crippen molar-refractivity contribution in [3.63, 3.8) is 0 Å². The van der Waals surface area contributed by atoms with Crippen LogP contribution in [-0.2, 0) is 9.59 Å². The summed E-state index contributed by atoms with van der Waals surface area (Å²) in [5.41, 5.74) is 1.66. The van der Waals surface area contributed by atoms with E-state index >= 15 is 0 Å². The average molecular weight is 348 g/mol. The molecule has 1 saturated heterocycles. The molecule has 0 N–H and O–H groups in total. The van der Waals surface area contributed by atoms with E-state index in [1.165, 1.54) is 5.01 Å². The van der Waals surface area contributed by atoms with Gasteiger partial charge in [-0.05, 0) is 23.6 Å². The molecule has 2 aliphatic rings. The quantitative estimate of drug-likeness (QED) is 0.841. The molecule has 0 spiro atoms. The minimum Gasteiger partial charge on any atom is -0.336 e. The Morgan fingerprint density at radius 1 is 1.33 bits per heavy atom. The van der Waals surface area contributed by atoms with Gasteiger partial charge in [-0.1, -0.05) is 37.6 Å². The number of halogens is 1. The fourth-order valence-electron chi connectivity index (χ4n) is 3.04. The van der Waals surface area contributed by atoms with E-state index in [9.17, 15) is 9.59 Å². The molecule has 2 amide bonds. The Labute approximate surface area is 147 Å². The highest BCUT2D eigenvalue weighted by Crippen LogP contribution is 2.29. The molecule has 2 heterocycles. The summed E-state index contributed by atoms with van der Waals surface area (Å²) < 4.78 is 0. The van der Waals surface area contributed by atoms with Crippen molar-refractivity contribution in [3.8, 4) is 0 Å². The minimum atomic E-state index is -0.0467. The van der Waals surface area contributed by atoms with Crippen LogP contribution in [0.4, 0.5) is 0 Å². The van der Waals surface area contributed by atoms with Crippen molar-refractivity contribution in [3.05, 3.63) is 34.9 Å². The Kier molecular flexibility index (Phi) is 4.90. The van der Waals surface area contributed by atoms with E-state index in [2.05, 4.69) is 5.10 Å². The first-order valence-corrected chi connectivity index (χ1v) is 8.74. The summed E-state index contributed by atoms with van der Waals surface area (Å²) in [6.07, 6.45) is 0.799. The maximum atomic E-state index is 12.6. The maximum absolute atomic E-state index is 12.6. The van der Waals surface area contributed by atoms with Gasteiger partial charge in [-0.25, -0.2) is 5.01 Å². The fourth-order valence-corrected chi connectivity index (χ4v) is 3.24. The highest BCUT2D eigenvalue weighted by molar-refractivity contribution is 6.39. The molecule has 2 aliphatic heterocycles. The van der Waals surface area contributed by atoms with Gasteiger partial charge in [-0.2, -0.15) is 5.10 Å². The third kappa shape index (κ3) is 3.61. The van der Waals surface area contributed by atoms with Crippen LogP contribution in [0.25, 0.3) is 0 Å². The number of amides is 2. The van der Waals surface area contributed by atoms with Crippen LogP contribution in [0.5, 0.6) is 0 Å². The van der Waals surface area contributed by atoms with Crippen LogP contribution < -0.4 is 0 Å². The van der Waals surface area contributed by atoms with Crippen LogP contribution in [0.1, 0.15) is 38.2 Å². The zero-order valence-corrected chi connectivity index (χ0v) is 14.8.